The van der Waals surface area contributed by atoms with Gasteiger partial charge in [0.25, 0.3) is 0 Å². The number of halogens is 1. The summed E-state index contributed by atoms with van der Waals surface area (Å²) in [6.45, 7) is 2.35. The van der Waals surface area contributed by atoms with Gasteiger partial charge in [-0.2, -0.15) is 0 Å². The molecular formula is C29H27ClN4O3S. The maximum absolute atomic E-state index is 14.1. The molecule has 2 aliphatic rings. The van der Waals surface area contributed by atoms with Crippen molar-refractivity contribution in [2.24, 2.45) is 0 Å². The third kappa shape index (κ3) is 4.38. The number of carbonyl (C=O) groups is 2. The van der Waals surface area contributed by atoms with Crippen molar-refractivity contribution in [3.8, 4) is 5.00 Å². The molecule has 2 aliphatic heterocycles. The average molecular weight is 547 g/mol. The zero-order valence-corrected chi connectivity index (χ0v) is 22.7. The number of carbonyl (C=O) groups excluding carboxylic acids is 2. The van der Waals surface area contributed by atoms with Gasteiger partial charge in [-0.25, -0.2) is 9.59 Å². The molecule has 0 saturated heterocycles. The van der Waals surface area contributed by atoms with Crippen LogP contribution >= 0.6 is 22.9 Å². The van der Waals surface area contributed by atoms with Gasteiger partial charge < -0.3 is 24.4 Å². The van der Waals surface area contributed by atoms with Gasteiger partial charge in [-0.1, -0.05) is 29.8 Å². The van der Waals surface area contributed by atoms with Gasteiger partial charge in [0, 0.05) is 40.4 Å². The van der Waals surface area contributed by atoms with Crippen LogP contribution in [0.4, 0.5) is 10.5 Å². The van der Waals surface area contributed by atoms with Crippen LogP contribution in [-0.4, -0.2) is 47.1 Å². The predicted molar refractivity (Wildman–Crippen MR) is 149 cm³/mol. The lowest BCUT2D eigenvalue weighted by Gasteiger charge is -2.32. The van der Waals surface area contributed by atoms with E-state index >= 15 is 0 Å². The summed E-state index contributed by atoms with van der Waals surface area (Å²) >= 11 is 8.24. The van der Waals surface area contributed by atoms with Crippen molar-refractivity contribution in [1.29, 1.82) is 0 Å². The molecule has 2 aromatic heterocycles. The molecule has 0 fully saturated rings. The highest BCUT2D eigenvalue weighted by Gasteiger charge is 2.36. The van der Waals surface area contributed by atoms with E-state index in [0.717, 1.165) is 30.8 Å². The number of rotatable bonds is 3. The van der Waals surface area contributed by atoms with E-state index in [9.17, 15) is 9.59 Å². The second-order valence-corrected chi connectivity index (χ2v) is 11.2. The average Bonchev–Trinajstić information content (AvgIpc) is 3.49. The zero-order valence-electron chi connectivity index (χ0n) is 21.1. The molecule has 6 rings (SSSR count). The number of likely N-dealkylation sites (N-methyl/N-ethyl adjacent to an activating group) is 1. The fraction of sp³-hybridized carbons (Fsp3) is 0.241. The Morgan fingerprint density at radius 1 is 1.05 bits per heavy atom. The molecule has 1 atom stereocenters. The lowest BCUT2D eigenvalue weighted by molar-refractivity contribution is 0.0600. The summed E-state index contributed by atoms with van der Waals surface area (Å²) in [4.78, 5) is 31.7. The van der Waals surface area contributed by atoms with Gasteiger partial charge in [0.1, 0.15) is 5.00 Å². The molecule has 1 unspecified atom stereocenters. The van der Waals surface area contributed by atoms with Crippen molar-refractivity contribution in [2.45, 2.75) is 25.6 Å². The number of esters is 1. The maximum Gasteiger partial charge on any atom is 0.337 e. The highest BCUT2D eigenvalue weighted by atomic mass is 35.5. The van der Waals surface area contributed by atoms with Crippen LogP contribution in [0.15, 0.2) is 66.9 Å². The van der Waals surface area contributed by atoms with E-state index in [1.807, 2.05) is 46.6 Å². The second-order valence-electron chi connectivity index (χ2n) is 9.67. The highest BCUT2D eigenvalue weighted by Crippen LogP contribution is 2.43. The summed E-state index contributed by atoms with van der Waals surface area (Å²) in [6.07, 6.45) is 3.03. The van der Waals surface area contributed by atoms with Crippen LogP contribution in [0.1, 0.15) is 43.7 Å². The van der Waals surface area contributed by atoms with E-state index < -0.39 is 5.97 Å². The first kappa shape index (κ1) is 24.7. The number of thiophene rings is 1. The molecule has 2 aromatic carbocycles. The van der Waals surface area contributed by atoms with E-state index in [4.69, 9.17) is 16.3 Å². The lowest BCUT2D eigenvalue weighted by atomic mass is 10.0. The summed E-state index contributed by atoms with van der Waals surface area (Å²) in [6, 6.07) is 18.0. The molecule has 194 valence electrons. The molecular weight excluding hydrogens is 520 g/mol. The van der Waals surface area contributed by atoms with Crippen LogP contribution in [0, 0.1) is 0 Å². The molecule has 0 aliphatic carbocycles. The van der Waals surface area contributed by atoms with Gasteiger partial charge in [0.05, 0.1) is 31.0 Å². The number of amides is 2. The molecule has 0 bridgehead atoms. The Hall–Kier alpha value is -3.59. The predicted octanol–water partition coefficient (Wildman–Crippen LogP) is 6.10. The van der Waals surface area contributed by atoms with Gasteiger partial charge in [-0.15, -0.1) is 11.3 Å². The van der Waals surface area contributed by atoms with Gasteiger partial charge in [-0.3, -0.25) is 0 Å². The van der Waals surface area contributed by atoms with Crippen molar-refractivity contribution >= 4 is 40.6 Å². The van der Waals surface area contributed by atoms with Crippen molar-refractivity contribution in [2.75, 3.05) is 26.0 Å². The molecule has 4 heterocycles. The molecule has 9 heteroatoms. The normalized spacial score (nSPS) is 16.7. The van der Waals surface area contributed by atoms with E-state index in [0.29, 0.717) is 22.8 Å². The molecule has 0 spiro atoms. The standard InChI is InChI=1S/C29H27ClN4O3S/c1-32-13-11-22-23-16-34(29(36)31-21-9-4-7-19(15-21)28(35)37-2)26(18-6-3-8-20(30)14-18)24-10-5-12-33(24)27(23)38-25(22)17-32/h3-10,12,14-15,26H,11,13,16-17H2,1-2H3,(H,31,36). The Bertz CT molecular complexity index is 1540. The van der Waals surface area contributed by atoms with Crippen LogP contribution < -0.4 is 5.32 Å². The summed E-state index contributed by atoms with van der Waals surface area (Å²) in [5, 5.41) is 4.82. The SMILES string of the molecule is COC(=O)c1cccc(NC(=O)N2Cc3c(sc4c3CCN(C)C4)-n3cccc3C2c2cccc(Cl)c2)c1. The summed E-state index contributed by atoms with van der Waals surface area (Å²) in [5.41, 5.74) is 5.37. The maximum atomic E-state index is 14.1. The number of fused-ring (bicyclic) bond motifs is 5. The minimum atomic E-state index is -0.454. The summed E-state index contributed by atoms with van der Waals surface area (Å²) in [7, 11) is 3.48. The van der Waals surface area contributed by atoms with Crippen LogP contribution in [0.2, 0.25) is 5.02 Å². The number of ether oxygens (including phenoxy) is 1. The summed E-state index contributed by atoms with van der Waals surface area (Å²) < 4.78 is 7.09. The number of nitrogens with one attached hydrogen (secondary N) is 1. The zero-order chi connectivity index (χ0) is 26.4. The molecule has 0 radical (unpaired) electrons. The van der Waals surface area contributed by atoms with Crippen LogP contribution in [0.3, 0.4) is 0 Å². The molecule has 0 saturated carbocycles. The smallest absolute Gasteiger partial charge is 0.337 e. The Morgan fingerprint density at radius 3 is 2.71 bits per heavy atom. The first-order chi connectivity index (χ1) is 18.4. The second kappa shape index (κ2) is 9.94. The Balaban J connectivity index is 1.46. The monoisotopic (exact) mass is 546 g/mol. The van der Waals surface area contributed by atoms with Crippen molar-refractivity contribution in [1.82, 2.24) is 14.4 Å². The largest absolute Gasteiger partial charge is 0.465 e. The number of hydrogen-bond donors (Lipinski definition) is 1. The van der Waals surface area contributed by atoms with E-state index in [1.54, 1.807) is 24.3 Å². The number of urea groups is 1. The van der Waals surface area contributed by atoms with Gasteiger partial charge in [-0.05, 0) is 67.1 Å². The van der Waals surface area contributed by atoms with Crippen molar-refractivity contribution in [3.63, 3.8) is 0 Å². The topological polar surface area (TPSA) is 66.8 Å². The number of hydrogen-bond acceptors (Lipinski definition) is 5. The minimum Gasteiger partial charge on any atom is -0.465 e. The van der Waals surface area contributed by atoms with Crippen molar-refractivity contribution in [3.05, 3.63) is 105 Å². The molecule has 4 aromatic rings. The summed E-state index contributed by atoms with van der Waals surface area (Å²) in [5.74, 6) is -0.454. The van der Waals surface area contributed by atoms with Gasteiger partial charge in [0.15, 0.2) is 0 Å². The van der Waals surface area contributed by atoms with Gasteiger partial charge in [0.2, 0.25) is 0 Å². The fourth-order valence-electron chi connectivity index (χ4n) is 5.42. The molecule has 7 nitrogen and oxygen atoms in total. The van der Waals surface area contributed by atoms with Crippen LogP contribution in [-0.2, 0) is 24.2 Å². The molecule has 2 amide bonds. The molecule has 1 N–H and O–H groups in total. The minimum absolute atomic E-state index is 0.259. The first-order valence-corrected chi connectivity index (χ1v) is 13.6. The third-order valence-electron chi connectivity index (χ3n) is 7.22. The highest BCUT2D eigenvalue weighted by molar-refractivity contribution is 7.15. The number of nitrogens with zero attached hydrogens (tertiary/aromatic N) is 3. The lowest BCUT2D eigenvalue weighted by Crippen LogP contribution is -2.38. The number of aromatic nitrogens is 1. The number of methoxy groups -OCH3 is 1. The Labute approximate surface area is 230 Å². The quantitative estimate of drug-likeness (QED) is 0.315. The van der Waals surface area contributed by atoms with Crippen molar-refractivity contribution < 1.29 is 14.3 Å². The Kier molecular flexibility index (Phi) is 6.47. The van der Waals surface area contributed by atoms with Gasteiger partial charge >= 0.3 is 12.0 Å². The van der Waals surface area contributed by atoms with Crippen LogP contribution in [0.25, 0.3) is 5.00 Å². The fourth-order valence-corrected chi connectivity index (χ4v) is 7.06. The van der Waals surface area contributed by atoms with Crippen LogP contribution in [0.5, 0.6) is 0 Å². The Morgan fingerprint density at radius 2 is 1.89 bits per heavy atom. The molecule has 38 heavy (non-hydrogen) atoms. The van der Waals surface area contributed by atoms with E-state index in [2.05, 4.69) is 34.1 Å². The van der Waals surface area contributed by atoms with E-state index in [1.165, 1.54) is 28.1 Å². The van der Waals surface area contributed by atoms with E-state index in [-0.39, 0.29) is 12.1 Å². The first-order valence-electron chi connectivity index (χ1n) is 12.4. The number of anilines is 1. The third-order valence-corrected chi connectivity index (χ3v) is 8.71. The number of benzene rings is 2.